The molecule has 0 heterocycles. The molecule has 19 heavy (non-hydrogen) atoms. The van der Waals surface area contributed by atoms with Gasteiger partial charge in [0, 0.05) is 18.3 Å². The van der Waals surface area contributed by atoms with E-state index in [-0.39, 0.29) is 0 Å². The minimum Gasteiger partial charge on any atom is -0.399 e. The third-order valence-electron chi connectivity index (χ3n) is 3.10. The Balaban J connectivity index is 2.30. The highest BCUT2D eigenvalue weighted by Gasteiger charge is 2.14. The van der Waals surface area contributed by atoms with Gasteiger partial charge >= 0.3 is 0 Å². The molecule has 0 bridgehead atoms. The van der Waals surface area contributed by atoms with Gasteiger partial charge in [-0.1, -0.05) is 41.9 Å². The molecule has 0 radical (unpaired) electrons. The molecule has 0 amide bonds. The van der Waals surface area contributed by atoms with Gasteiger partial charge in [0.05, 0.1) is 10.7 Å². The summed E-state index contributed by atoms with van der Waals surface area (Å²) in [6.07, 6.45) is 0. The molecule has 2 rings (SSSR count). The zero-order valence-corrected chi connectivity index (χ0v) is 12.1. The largest absolute Gasteiger partial charge is 0.399 e. The Hall–Kier alpha value is -1.67. The molecule has 0 unspecified atom stereocenters. The lowest BCUT2D eigenvalue weighted by Gasteiger charge is -2.30. The van der Waals surface area contributed by atoms with Crippen LogP contribution in [0, 0.1) is 0 Å². The van der Waals surface area contributed by atoms with E-state index in [2.05, 4.69) is 43.0 Å². The number of halogens is 1. The molecule has 2 nitrogen and oxygen atoms in total. The molecule has 2 aromatic carbocycles. The highest BCUT2D eigenvalue weighted by molar-refractivity contribution is 6.33. The smallest absolute Gasteiger partial charge is 0.0660 e. The first-order valence-electron chi connectivity index (χ1n) is 6.43. The first-order valence-corrected chi connectivity index (χ1v) is 6.81. The van der Waals surface area contributed by atoms with Crippen LogP contribution in [-0.4, -0.2) is 6.04 Å². The van der Waals surface area contributed by atoms with Crippen molar-refractivity contribution in [2.75, 3.05) is 10.6 Å². The van der Waals surface area contributed by atoms with Crippen LogP contribution in [0.5, 0.6) is 0 Å². The molecule has 0 saturated heterocycles. The Bertz CT molecular complexity index is 538. The van der Waals surface area contributed by atoms with Gasteiger partial charge in [-0.2, -0.15) is 0 Å². The molecule has 0 atom stereocenters. The van der Waals surface area contributed by atoms with Gasteiger partial charge in [0.25, 0.3) is 0 Å². The summed E-state index contributed by atoms with van der Waals surface area (Å²) in [6.45, 7) is 5.16. The van der Waals surface area contributed by atoms with E-state index in [4.69, 9.17) is 17.3 Å². The van der Waals surface area contributed by atoms with Crippen LogP contribution in [0.15, 0.2) is 48.5 Å². The zero-order valence-electron chi connectivity index (χ0n) is 11.3. The minimum atomic E-state index is 0.362. The van der Waals surface area contributed by atoms with Gasteiger partial charge in [-0.15, -0.1) is 0 Å². The van der Waals surface area contributed by atoms with Gasteiger partial charge in [-0.3, -0.25) is 0 Å². The number of rotatable bonds is 4. The molecule has 0 fully saturated rings. The Morgan fingerprint density at radius 3 is 2.37 bits per heavy atom. The maximum atomic E-state index is 6.31. The van der Waals surface area contributed by atoms with Crippen LogP contribution >= 0.6 is 11.6 Å². The molecule has 0 aliphatic rings. The maximum Gasteiger partial charge on any atom is 0.0660 e. The Labute approximate surface area is 119 Å². The van der Waals surface area contributed by atoms with Crippen LogP contribution in [0.3, 0.4) is 0 Å². The van der Waals surface area contributed by atoms with Gasteiger partial charge in [0.15, 0.2) is 0 Å². The van der Waals surface area contributed by atoms with Crippen molar-refractivity contribution in [2.24, 2.45) is 0 Å². The summed E-state index contributed by atoms with van der Waals surface area (Å²) in [4.78, 5) is 2.27. The number of hydrogen-bond acceptors (Lipinski definition) is 2. The number of benzene rings is 2. The standard InChI is InChI=1S/C16H19ClN2/c1-12(2)19(11-13-6-4-3-5-7-13)16-9-8-14(18)10-15(16)17/h3-10,12H,11,18H2,1-2H3. The van der Waals surface area contributed by atoms with Gasteiger partial charge in [0.1, 0.15) is 0 Å². The monoisotopic (exact) mass is 274 g/mol. The number of anilines is 2. The van der Waals surface area contributed by atoms with E-state index in [1.807, 2.05) is 18.2 Å². The van der Waals surface area contributed by atoms with E-state index in [9.17, 15) is 0 Å². The van der Waals surface area contributed by atoms with E-state index in [1.165, 1.54) is 5.56 Å². The van der Waals surface area contributed by atoms with Crippen molar-refractivity contribution in [3.63, 3.8) is 0 Å². The van der Waals surface area contributed by atoms with E-state index < -0.39 is 0 Å². The number of nitrogens with zero attached hydrogens (tertiary/aromatic N) is 1. The lowest BCUT2D eigenvalue weighted by atomic mass is 10.1. The molecule has 2 N–H and O–H groups in total. The predicted octanol–water partition coefficient (Wildman–Crippen LogP) is 4.34. The fourth-order valence-corrected chi connectivity index (χ4v) is 2.38. The van der Waals surface area contributed by atoms with Crippen molar-refractivity contribution in [1.29, 1.82) is 0 Å². The highest BCUT2D eigenvalue weighted by atomic mass is 35.5. The second-order valence-electron chi connectivity index (χ2n) is 4.92. The highest BCUT2D eigenvalue weighted by Crippen LogP contribution is 2.30. The van der Waals surface area contributed by atoms with Gasteiger partial charge in [0.2, 0.25) is 0 Å². The Morgan fingerprint density at radius 1 is 1.11 bits per heavy atom. The summed E-state index contributed by atoms with van der Waals surface area (Å²) in [5.74, 6) is 0. The van der Waals surface area contributed by atoms with Crippen LogP contribution in [0.25, 0.3) is 0 Å². The van der Waals surface area contributed by atoms with Crippen molar-refractivity contribution in [1.82, 2.24) is 0 Å². The van der Waals surface area contributed by atoms with Crippen LogP contribution in [-0.2, 0) is 6.54 Å². The van der Waals surface area contributed by atoms with Crippen LogP contribution < -0.4 is 10.6 Å². The summed E-state index contributed by atoms with van der Waals surface area (Å²) < 4.78 is 0. The molecule has 0 spiro atoms. The van der Waals surface area contributed by atoms with E-state index in [0.29, 0.717) is 16.8 Å². The first kappa shape index (κ1) is 13.8. The predicted molar refractivity (Wildman–Crippen MR) is 83.6 cm³/mol. The SMILES string of the molecule is CC(C)N(Cc1ccccc1)c1ccc(N)cc1Cl. The van der Waals surface area contributed by atoms with Gasteiger partial charge in [-0.05, 0) is 37.6 Å². The number of nitrogen functional groups attached to an aromatic ring is 1. The van der Waals surface area contributed by atoms with Crippen molar-refractivity contribution in [2.45, 2.75) is 26.4 Å². The molecular weight excluding hydrogens is 256 g/mol. The van der Waals surface area contributed by atoms with Crippen LogP contribution in [0.4, 0.5) is 11.4 Å². The molecule has 0 saturated carbocycles. The van der Waals surface area contributed by atoms with Crippen molar-refractivity contribution in [3.05, 3.63) is 59.1 Å². The summed E-state index contributed by atoms with van der Waals surface area (Å²) in [7, 11) is 0. The third kappa shape index (κ3) is 3.42. The lowest BCUT2D eigenvalue weighted by Crippen LogP contribution is -2.30. The topological polar surface area (TPSA) is 29.3 Å². The molecule has 100 valence electrons. The number of hydrogen-bond donors (Lipinski definition) is 1. The zero-order chi connectivity index (χ0) is 13.8. The summed E-state index contributed by atoms with van der Waals surface area (Å²) in [6, 6.07) is 16.4. The summed E-state index contributed by atoms with van der Waals surface area (Å²) in [5.41, 5.74) is 8.74. The molecule has 0 aliphatic carbocycles. The average Bonchev–Trinajstić information content (AvgIpc) is 2.38. The van der Waals surface area contributed by atoms with Crippen LogP contribution in [0.2, 0.25) is 5.02 Å². The Morgan fingerprint density at radius 2 is 1.79 bits per heavy atom. The molecule has 3 heteroatoms. The normalized spacial score (nSPS) is 10.7. The third-order valence-corrected chi connectivity index (χ3v) is 3.40. The molecule has 0 aliphatic heterocycles. The van der Waals surface area contributed by atoms with Crippen molar-refractivity contribution < 1.29 is 0 Å². The lowest BCUT2D eigenvalue weighted by molar-refractivity contribution is 0.683. The number of nitrogens with two attached hydrogens (primary N) is 1. The second kappa shape index (κ2) is 5.98. The molecule has 0 aromatic heterocycles. The average molecular weight is 275 g/mol. The van der Waals surface area contributed by atoms with E-state index >= 15 is 0 Å². The summed E-state index contributed by atoms with van der Waals surface area (Å²) in [5, 5.41) is 0.699. The van der Waals surface area contributed by atoms with Crippen molar-refractivity contribution in [3.8, 4) is 0 Å². The minimum absolute atomic E-state index is 0.362. The summed E-state index contributed by atoms with van der Waals surface area (Å²) >= 11 is 6.31. The van der Waals surface area contributed by atoms with E-state index in [0.717, 1.165) is 12.2 Å². The van der Waals surface area contributed by atoms with Gasteiger partial charge in [-0.25, -0.2) is 0 Å². The fraction of sp³-hybridized carbons (Fsp3) is 0.250. The molecular formula is C16H19ClN2. The van der Waals surface area contributed by atoms with Crippen molar-refractivity contribution >= 4 is 23.0 Å². The van der Waals surface area contributed by atoms with Gasteiger partial charge < -0.3 is 10.6 Å². The second-order valence-corrected chi connectivity index (χ2v) is 5.33. The fourth-order valence-electron chi connectivity index (χ4n) is 2.08. The first-order chi connectivity index (χ1) is 9.08. The maximum absolute atomic E-state index is 6.31. The van der Waals surface area contributed by atoms with Crippen LogP contribution in [0.1, 0.15) is 19.4 Å². The molecule has 2 aromatic rings. The Kier molecular flexibility index (Phi) is 4.33. The quantitative estimate of drug-likeness (QED) is 0.841. The van der Waals surface area contributed by atoms with E-state index in [1.54, 1.807) is 6.07 Å².